The number of benzene rings is 2. The Morgan fingerprint density at radius 1 is 1.00 bits per heavy atom. The van der Waals surface area contributed by atoms with Crippen LogP contribution in [-0.2, 0) is 19.9 Å². The summed E-state index contributed by atoms with van der Waals surface area (Å²) in [5, 5.41) is 3.01. The first-order chi connectivity index (χ1) is 16.0. The van der Waals surface area contributed by atoms with E-state index >= 15 is 0 Å². The Labute approximate surface area is 190 Å². The molecule has 1 spiro atoms. The van der Waals surface area contributed by atoms with Gasteiger partial charge in [0.05, 0.1) is 17.5 Å². The number of carbonyl (C=O) groups is 3. The van der Waals surface area contributed by atoms with Crippen molar-refractivity contribution in [1.82, 2.24) is 4.90 Å². The summed E-state index contributed by atoms with van der Waals surface area (Å²) in [6, 6.07) is 10.9. The Morgan fingerprint density at radius 2 is 1.82 bits per heavy atom. The van der Waals surface area contributed by atoms with Gasteiger partial charge in [-0.2, -0.15) is 0 Å². The largest absolute Gasteiger partial charge is 0.486 e. The quantitative estimate of drug-likeness (QED) is 0.677. The summed E-state index contributed by atoms with van der Waals surface area (Å²) in [4.78, 5) is 44.9. The minimum Gasteiger partial charge on any atom is -0.486 e. The molecule has 168 valence electrons. The van der Waals surface area contributed by atoms with Gasteiger partial charge < -0.3 is 14.8 Å². The highest BCUT2D eigenvalue weighted by atomic mass is 16.6. The van der Waals surface area contributed by atoms with Crippen LogP contribution >= 0.6 is 0 Å². The van der Waals surface area contributed by atoms with E-state index < -0.39 is 17.4 Å². The second kappa shape index (κ2) is 6.35. The highest BCUT2D eigenvalue weighted by Crippen LogP contribution is 2.60. The lowest BCUT2D eigenvalue weighted by atomic mass is 9.75. The molecule has 4 atom stereocenters. The number of carbonyl (C=O) groups excluding carboxylic acids is 3. The number of ether oxygens (including phenoxy) is 2. The standard InChI is InChI=1S/C25H23N3O5/c1-13-4-6-16-15(11-13)25(24(31)26-16)21-20(17-3-2-8-27(17)25)22(29)28(23(21)30)14-5-7-18-19(12-14)33-10-9-32-18/h4-7,11-12,17,20-21H,2-3,8-10H2,1H3,(H,26,31)/t17-,20-,21-,25+/m1/s1. The fraction of sp³-hybridized carbons (Fsp3) is 0.400. The predicted octanol–water partition coefficient (Wildman–Crippen LogP) is 2.20. The molecule has 0 bridgehead atoms. The normalized spacial score (nSPS) is 31.7. The maximum atomic E-state index is 14.0. The van der Waals surface area contributed by atoms with Gasteiger partial charge in [0.2, 0.25) is 17.7 Å². The lowest BCUT2D eigenvalue weighted by Gasteiger charge is -2.36. The van der Waals surface area contributed by atoms with Gasteiger partial charge in [-0.05, 0) is 44.5 Å². The number of imide groups is 1. The summed E-state index contributed by atoms with van der Waals surface area (Å²) in [6.45, 7) is 3.56. The number of anilines is 2. The topological polar surface area (TPSA) is 88.2 Å². The Morgan fingerprint density at radius 3 is 2.67 bits per heavy atom. The zero-order valence-electron chi connectivity index (χ0n) is 18.2. The van der Waals surface area contributed by atoms with Crippen molar-refractivity contribution in [2.75, 3.05) is 30.0 Å². The molecule has 3 amide bonds. The zero-order chi connectivity index (χ0) is 22.5. The van der Waals surface area contributed by atoms with Gasteiger partial charge in [-0.1, -0.05) is 17.7 Å². The molecule has 1 N–H and O–H groups in total. The third-order valence-corrected chi connectivity index (χ3v) is 7.93. The first-order valence-electron chi connectivity index (χ1n) is 11.5. The highest BCUT2D eigenvalue weighted by molar-refractivity contribution is 6.26. The summed E-state index contributed by atoms with van der Waals surface area (Å²) >= 11 is 0. The van der Waals surface area contributed by atoms with Gasteiger partial charge in [-0.3, -0.25) is 19.3 Å². The van der Waals surface area contributed by atoms with Crippen molar-refractivity contribution in [3.63, 3.8) is 0 Å². The van der Waals surface area contributed by atoms with Crippen molar-refractivity contribution in [3.8, 4) is 11.5 Å². The monoisotopic (exact) mass is 445 g/mol. The Kier molecular flexibility index (Phi) is 3.68. The van der Waals surface area contributed by atoms with Crippen LogP contribution in [0.3, 0.4) is 0 Å². The van der Waals surface area contributed by atoms with Crippen molar-refractivity contribution in [1.29, 1.82) is 0 Å². The van der Waals surface area contributed by atoms with Crippen molar-refractivity contribution in [3.05, 3.63) is 47.5 Å². The van der Waals surface area contributed by atoms with Crippen molar-refractivity contribution < 1.29 is 23.9 Å². The van der Waals surface area contributed by atoms with E-state index in [1.807, 2.05) is 25.1 Å². The molecule has 0 saturated carbocycles. The van der Waals surface area contributed by atoms with Crippen LogP contribution in [0.2, 0.25) is 0 Å². The molecule has 5 aliphatic rings. The van der Waals surface area contributed by atoms with Crippen LogP contribution in [0.25, 0.3) is 0 Å². The number of hydrogen-bond acceptors (Lipinski definition) is 6. The van der Waals surface area contributed by atoms with Crippen LogP contribution in [0.1, 0.15) is 24.0 Å². The first kappa shape index (κ1) is 19.1. The van der Waals surface area contributed by atoms with Gasteiger partial charge in [-0.15, -0.1) is 0 Å². The van der Waals surface area contributed by atoms with Crippen LogP contribution in [0.4, 0.5) is 11.4 Å². The van der Waals surface area contributed by atoms with Crippen molar-refractivity contribution >= 4 is 29.1 Å². The average molecular weight is 445 g/mol. The minimum absolute atomic E-state index is 0.133. The minimum atomic E-state index is -1.15. The molecular formula is C25H23N3O5. The van der Waals surface area contributed by atoms with Crippen LogP contribution < -0.4 is 19.7 Å². The number of rotatable bonds is 1. The third kappa shape index (κ3) is 2.22. The molecule has 2 aromatic rings. The molecule has 3 fully saturated rings. The van der Waals surface area contributed by atoms with Gasteiger partial charge >= 0.3 is 0 Å². The predicted molar refractivity (Wildman–Crippen MR) is 118 cm³/mol. The smallest absolute Gasteiger partial charge is 0.250 e. The van der Waals surface area contributed by atoms with E-state index in [0.29, 0.717) is 36.9 Å². The van der Waals surface area contributed by atoms with E-state index in [4.69, 9.17) is 9.47 Å². The van der Waals surface area contributed by atoms with Gasteiger partial charge in [-0.25, -0.2) is 4.90 Å². The molecule has 5 heterocycles. The molecule has 2 aromatic carbocycles. The molecule has 8 nitrogen and oxygen atoms in total. The molecule has 5 aliphatic heterocycles. The number of nitrogens with zero attached hydrogens (tertiary/aromatic N) is 2. The number of hydrogen-bond donors (Lipinski definition) is 1. The average Bonchev–Trinajstić information content (AvgIpc) is 3.52. The van der Waals surface area contributed by atoms with Crippen LogP contribution in [0.15, 0.2) is 36.4 Å². The van der Waals surface area contributed by atoms with Gasteiger partial charge in [0, 0.05) is 23.4 Å². The Hall–Kier alpha value is -3.39. The zero-order valence-corrected chi connectivity index (χ0v) is 18.2. The lowest BCUT2D eigenvalue weighted by molar-refractivity contribution is -0.135. The highest BCUT2D eigenvalue weighted by Gasteiger charge is 2.74. The molecule has 0 aromatic heterocycles. The number of fused-ring (bicyclic) bond motifs is 8. The van der Waals surface area contributed by atoms with E-state index in [0.717, 1.165) is 29.7 Å². The summed E-state index contributed by atoms with van der Waals surface area (Å²) in [6.07, 6.45) is 1.70. The van der Waals surface area contributed by atoms with Crippen molar-refractivity contribution in [2.45, 2.75) is 31.3 Å². The third-order valence-electron chi connectivity index (χ3n) is 7.93. The molecular weight excluding hydrogens is 422 g/mol. The van der Waals surface area contributed by atoms with Gasteiger partial charge in [0.25, 0.3) is 0 Å². The maximum Gasteiger partial charge on any atom is 0.250 e. The van der Waals surface area contributed by atoms with Crippen molar-refractivity contribution in [2.24, 2.45) is 11.8 Å². The number of aryl methyl sites for hydroxylation is 1. The van der Waals surface area contributed by atoms with Crippen LogP contribution in [-0.4, -0.2) is 48.4 Å². The van der Waals surface area contributed by atoms with Gasteiger partial charge in [0.15, 0.2) is 11.5 Å². The molecule has 0 aliphatic carbocycles. The molecule has 3 saturated heterocycles. The number of amides is 3. The summed E-state index contributed by atoms with van der Waals surface area (Å²) < 4.78 is 11.3. The lowest BCUT2D eigenvalue weighted by Crippen LogP contribution is -2.54. The fourth-order valence-corrected chi connectivity index (χ4v) is 6.74. The fourth-order valence-electron chi connectivity index (χ4n) is 6.74. The summed E-state index contributed by atoms with van der Waals surface area (Å²) in [5.74, 6) is -0.940. The molecule has 33 heavy (non-hydrogen) atoms. The van der Waals surface area contributed by atoms with E-state index in [1.54, 1.807) is 18.2 Å². The molecule has 0 radical (unpaired) electrons. The number of nitrogens with one attached hydrogen (secondary N) is 1. The molecule has 8 heteroatoms. The van der Waals surface area contributed by atoms with Gasteiger partial charge in [0.1, 0.15) is 18.8 Å². The van der Waals surface area contributed by atoms with Crippen LogP contribution in [0, 0.1) is 18.8 Å². The van der Waals surface area contributed by atoms with E-state index in [9.17, 15) is 14.4 Å². The second-order valence-electron chi connectivity index (χ2n) is 9.52. The first-order valence-corrected chi connectivity index (χ1v) is 11.5. The Balaban J connectivity index is 1.39. The Bertz CT molecular complexity index is 1260. The van der Waals surface area contributed by atoms with E-state index in [2.05, 4.69) is 10.2 Å². The molecule has 7 rings (SSSR count). The maximum absolute atomic E-state index is 14.0. The van der Waals surface area contributed by atoms with E-state index in [1.165, 1.54) is 4.90 Å². The van der Waals surface area contributed by atoms with E-state index in [-0.39, 0.29) is 23.8 Å². The summed E-state index contributed by atoms with van der Waals surface area (Å²) in [7, 11) is 0. The van der Waals surface area contributed by atoms with Crippen LogP contribution in [0.5, 0.6) is 11.5 Å². The molecule has 0 unspecified atom stereocenters. The summed E-state index contributed by atoms with van der Waals surface area (Å²) in [5.41, 5.74) is 1.88. The SMILES string of the molecule is Cc1ccc2c(c1)[C@@]1(C(=O)N2)[C@H]2C(=O)N(c3ccc4c(c3)OCCO4)C(=O)[C@@H]2[C@H]2CCCN21. The second-order valence-corrected chi connectivity index (χ2v) is 9.52.